The number of hydrogen-bond acceptors (Lipinski definition) is 8. The van der Waals surface area contributed by atoms with Gasteiger partial charge >= 0.3 is 0 Å². The number of ether oxygens (including phenoxy) is 3. The number of benzene rings is 2. The molecule has 4 rings (SSSR count). The molecule has 2 aromatic carbocycles. The second-order valence-electron chi connectivity index (χ2n) is 9.34. The van der Waals surface area contributed by atoms with Gasteiger partial charge in [-0.15, -0.1) is 0 Å². The molecule has 0 unspecified atom stereocenters. The Morgan fingerprint density at radius 1 is 1.10 bits per heavy atom. The lowest BCUT2D eigenvalue weighted by Crippen LogP contribution is -2.41. The van der Waals surface area contributed by atoms with E-state index in [4.69, 9.17) is 19.6 Å². The molecule has 2 heterocycles. The smallest absolute Gasteiger partial charge is 0.227 e. The van der Waals surface area contributed by atoms with Gasteiger partial charge in [0.2, 0.25) is 21.9 Å². The summed E-state index contributed by atoms with van der Waals surface area (Å²) in [5.74, 6) is 0.154. The van der Waals surface area contributed by atoms with Crippen LogP contribution < -0.4 is 10.1 Å². The number of morpholine rings is 1. The maximum atomic E-state index is 13.0. The quantitative estimate of drug-likeness (QED) is 0.194. The Balaban J connectivity index is 1.48. The first-order chi connectivity index (χ1) is 19.4. The molecule has 1 aliphatic heterocycles. The topological polar surface area (TPSA) is 136 Å². The first-order valence-electron chi connectivity index (χ1n) is 13.1. The standard InChI is InChI=1S/C28H35N5O6S/c1-37-15-4-16-39-26-20-22(8-10-27(34)31-28(29)33-12-3-11-30-33)7-9-25(26)24-6-2-5-23(19-24)21-40(35,36)32-13-17-38-18-14-32/h2-3,5-7,9,11-12,19-20H,4,8,10,13-18,21H2,1H3,(H2,29,31,34). The van der Waals surface area contributed by atoms with Crippen LogP contribution in [0.3, 0.4) is 0 Å². The molecule has 0 saturated carbocycles. The molecule has 0 bridgehead atoms. The van der Waals surface area contributed by atoms with Crippen molar-refractivity contribution in [1.82, 2.24) is 19.4 Å². The minimum Gasteiger partial charge on any atom is -0.493 e. The van der Waals surface area contributed by atoms with Crippen LogP contribution in [0.15, 0.2) is 60.9 Å². The second-order valence-corrected chi connectivity index (χ2v) is 11.3. The Morgan fingerprint density at radius 3 is 2.67 bits per heavy atom. The molecule has 1 saturated heterocycles. The van der Waals surface area contributed by atoms with E-state index in [0.717, 1.165) is 16.7 Å². The maximum absolute atomic E-state index is 13.0. The molecule has 0 radical (unpaired) electrons. The molecular weight excluding hydrogens is 534 g/mol. The molecule has 0 atom stereocenters. The molecule has 214 valence electrons. The zero-order valence-electron chi connectivity index (χ0n) is 22.5. The van der Waals surface area contributed by atoms with Crippen LogP contribution in [-0.4, -0.2) is 81.0 Å². The van der Waals surface area contributed by atoms with E-state index in [1.165, 1.54) is 15.2 Å². The fourth-order valence-electron chi connectivity index (χ4n) is 4.33. The summed E-state index contributed by atoms with van der Waals surface area (Å²) in [7, 11) is -1.82. The lowest BCUT2D eigenvalue weighted by molar-refractivity contribution is -0.119. The predicted octanol–water partition coefficient (Wildman–Crippen LogP) is 2.66. The highest BCUT2D eigenvalue weighted by atomic mass is 32.2. The molecule has 1 aromatic heterocycles. The first-order valence-corrected chi connectivity index (χ1v) is 14.7. The van der Waals surface area contributed by atoms with Gasteiger partial charge in [-0.05, 0) is 41.3 Å². The normalized spacial score (nSPS) is 14.1. The van der Waals surface area contributed by atoms with Crippen molar-refractivity contribution in [3.63, 3.8) is 0 Å². The Hall–Kier alpha value is -3.58. The van der Waals surface area contributed by atoms with Crippen molar-refractivity contribution in [2.45, 2.75) is 25.0 Å². The SMILES string of the molecule is COCCCOc1cc(CCC(=O)NC(=N)n2cccn2)ccc1-c1cccc(CS(=O)(=O)N2CCOCC2)c1. The van der Waals surface area contributed by atoms with Gasteiger partial charge in [0.15, 0.2) is 0 Å². The number of carbonyl (C=O) groups is 1. The molecule has 40 heavy (non-hydrogen) atoms. The van der Waals surface area contributed by atoms with Gasteiger partial charge in [-0.2, -0.15) is 9.40 Å². The van der Waals surface area contributed by atoms with Crippen molar-refractivity contribution < 1.29 is 27.4 Å². The van der Waals surface area contributed by atoms with Gasteiger partial charge in [0, 0.05) is 57.6 Å². The van der Waals surface area contributed by atoms with Crippen molar-refractivity contribution in [1.29, 1.82) is 5.41 Å². The van der Waals surface area contributed by atoms with E-state index in [1.807, 2.05) is 42.5 Å². The van der Waals surface area contributed by atoms with Crippen molar-refractivity contribution in [3.8, 4) is 16.9 Å². The van der Waals surface area contributed by atoms with Crippen molar-refractivity contribution in [3.05, 3.63) is 72.1 Å². The first kappa shape index (κ1) is 29.4. The zero-order valence-corrected chi connectivity index (χ0v) is 23.4. The molecule has 0 aliphatic carbocycles. The van der Waals surface area contributed by atoms with Crippen molar-refractivity contribution in [2.24, 2.45) is 0 Å². The molecule has 11 nitrogen and oxygen atoms in total. The van der Waals surface area contributed by atoms with E-state index in [-0.39, 0.29) is 24.0 Å². The zero-order chi connectivity index (χ0) is 28.4. The van der Waals surface area contributed by atoms with Crippen LogP contribution in [0, 0.1) is 5.41 Å². The third-order valence-electron chi connectivity index (χ3n) is 6.38. The highest BCUT2D eigenvalue weighted by Gasteiger charge is 2.24. The third kappa shape index (κ3) is 8.21. The molecule has 2 N–H and O–H groups in total. The lowest BCUT2D eigenvalue weighted by Gasteiger charge is -2.26. The minimum absolute atomic E-state index is 0.0917. The van der Waals surface area contributed by atoms with Crippen molar-refractivity contribution in [2.75, 3.05) is 46.6 Å². The van der Waals surface area contributed by atoms with Crippen LogP contribution in [0.4, 0.5) is 0 Å². The monoisotopic (exact) mass is 569 g/mol. The van der Waals surface area contributed by atoms with Gasteiger partial charge in [0.25, 0.3) is 0 Å². The summed E-state index contributed by atoms with van der Waals surface area (Å²) in [5, 5.41) is 14.4. The molecule has 0 spiro atoms. The van der Waals surface area contributed by atoms with Crippen LogP contribution in [0.2, 0.25) is 0 Å². The Bertz CT molecular complexity index is 1390. The summed E-state index contributed by atoms with van der Waals surface area (Å²) >= 11 is 0. The highest BCUT2D eigenvalue weighted by Crippen LogP contribution is 2.32. The summed E-state index contributed by atoms with van der Waals surface area (Å²) in [4.78, 5) is 12.4. The average Bonchev–Trinajstić information content (AvgIpc) is 3.50. The molecular formula is C28H35N5O6S. The van der Waals surface area contributed by atoms with Gasteiger partial charge in [-0.25, -0.2) is 13.1 Å². The number of aryl methyl sites for hydroxylation is 1. The summed E-state index contributed by atoms with van der Waals surface area (Å²) < 4.78 is 45.2. The maximum Gasteiger partial charge on any atom is 0.227 e. The number of nitrogens with one attached hydrogen (secondary N) is 2. The Kier molecular flexibility index (Phi) is 10.4. The minimum atomic E-state index is -3.46. The fraction of sp³-hybridized carbons (Fsp3) is 0.393. The lowest BCUT2D eigenvalue weighted by atomic mass is 9.99. The van der Waals surface area contributed by atoms with E-state index >= 15 is 0 Å². The summed E-state index contributed by atoms with van der Waals surface area (Å²) in [6, 6.07) is 14.9. The largest absolute Gasteiger partial charge is 0.493 e. The molecule has 1 aliphatic rings. The number of aromatic nitrogens is 2. The van der Waals surface area contributed by atoms with E-state index < -0.39 is 10.0 Å². The number of nitrogens with zero attached hydrogens (tertiary/aromatic N) is 3. The fourth-order valence-corrected chi connectivity index (χ4v) is 5.82. The summed E-state index contributed by atoms with van der Waals surface area (Å²) in [6.07, 6.45) is 4.46. The average molecular weight is 570 g/mol. The van der Waals surface area contributed by atoms with E-state index in [0.29, 0.717) is 63.7 Å². The van der Waals surface area contributed by atoms with Gasteiger partial charge < -0.3 is 14.2 Å². The van der Waals surface area contributed by atoms with E-state index in [9.17, 15) is 13.2 Å². The number of amides is 1. The number of carbonyl (C=O) groups excluding carboxylic acids is 1. The van der Waals surface area contributed by atoms with E-state index in [1.54, 1.807) is 19.4 Å². The van der Waals surface area contributed by atoms with Crippen LogP contribution in [0.1, 0.15) is 24.0 Å². The van der Waals surface area contributed by atoms with Gasteiger partial charge in [-0.3, -0.25) is 15.5 Å². The summed E-state index contributed by atoms with van der Waals surface area (Å²) in [5.41, 5.74) is 3.26. The van der Waals surface area contributed by atoms with Gasteiger partial charge in [-0.1, -0.05) is 30.3 Å². The molecule has 12 heteroatoms. The molecule has 1 fully saturated rings. The number of methoxy groups -OCH3 is 1. The van der Waals surface area contributed by atoms with Gasteiger partial charge in [0.1, 0.15) is 5.75 Å². The number of rotatable bonds is 12. The third-order valence-corrected chi connectivity index (χ3v) is 8.23. The van der Waals surface area contributed by atoms with Crippen molar-refractivity contribution >= 4 is 21.9 Å². The van der Waals surface area contributed by atoms with Gasteiger partial charge in [0.05, 0.1) is 25.6 Å². The molecule has 1 amide bonds. The Labute approximate surface area is 234 Å². The number of hydrogen-bond donors (Lipinski definition) is 2. The van der Waals surface area contributed by atoms with Crippen LogP contribution in [0.25, 0.3) is 11.1 Å². The second kappa shape index (κ2) is 14.2. The predicted molar refractivity (Wildman–Crippen MR) is 151 cm³/mol. The van der Waals surface area contributed by atoms with Crippen LogP contribution in [0.5, 0.6) is 5.75 Å². The molecule has 3 aromatic rings. The van der Waals surface area contributed by atoms with Crippen LogP contribution in [-0.2, 0) is 36.5 Å². The number of sulfonamides is 1. The van der Waals surface area contributed by atoms with E-state index in [2.05, 4.69) is 10.4 Å². The van der Waals surface area contributed by atoms with Crippen LogP contribution >= 0.6 is 0 Å². The summed E-state index contributed by atoms with van der Waals surface area (Å²) in [6.45, 7) is 2.55. The Morgan fingerprint density at radius 2 is 1.93 bits per heavy atom. The highest BCUT2D eigenvalue weighted by molar-refractivity contribution is 7.88.